The highest BCUT2D eigenvalue weighted by Crippen LogP contribution is 2.25. The molecule has 0 saturated heterocycles. The Balaban J connectivity index is 1.42. The molecular formula is C48H60N6O9. The van der Waals surface area contributed by atoms with Gasteiger partial charge in [0.05, 0.1) is 5.92 Å². The Labute approximate surface area is 368 Å². The lowest BCUT2D eigenvalue weighted by atomic mass is 10.0. The maximum absolute atomic E-state index is 14.3. The van der Waals surface area contributed by atoms with E-state index in [1.54, 1.807) is 19.1 Å². The molecule has 0 aromatic heterocycles. The van der Waals surface area contributed by atoms with E-state index < -0.39 is 59.7 Å². The normalized spacial score (nSPS) is 13.3. The maximum Gasteiger partial charge on any atom is 0.326 e. The van der Waals surface area contributed by atoms with Crippen LogP contribution >= 0.6 is 0 Å². The number of hydrogen-bond donors (Lipinski definition) is 8. The van der Waals surface area contributed by atoms with Gasteiger partial charge >= 0.3 is 5.97 Å². The minimum absolute atomic E-state index is 0.00475. The van der Waals surface area contributed by atoms with Crippen LogP contribution in [0.5, 0.6) is 11.5 Å². The minimum Gasteiger partial charge on any atom is -0.508 e. The Bertz CT molecular complexity index is 2150. The number of likely N-dealkylation sites (N-methyl/N-ethyl adjacent to an activating group) is 1. The fourth-order valence-electron chi connectivity index (χ4n) is 6.87. The monoisotopic (exact) mass is 864 g/mol. The number of phenolic OH excluding ortho intramolecular Hbond substituents is 2. The van der Waals surface area contributed by atoms with E-state index in [1.165, 1.54) is 68.1 Å². The number of aryl methyl sites for hydroxylation is 1. The molecule has 5 atom stereocenters. The third-order valence-corrected chi connectivity index (χ3v) is 10.8. The van der Waals surface area contributed by atoms with E-state index in [2.05, 4.69) is 52.5 Å². The number of aliphatic carboxylic acids is 1. The molecule has 0 fully saturated rings. The van der Waals surface area contributed by atoms with Crippen LogP contribution in [0, 0.1) is 5.92 Å². The SMILES string of the molecule is CCCCc1ccc(-c2ccc(C(=O)NC[C@@H](C)C(=O)N[C@@H](CCCCN)C(=O)N(C)[C@H](C(=O)N[C@@H](C)C(=O)N[C@@H](Cc3ccc(O)cc3)C(=O)O)c3ccc(O)cc3)cc2)cc1. The highest BCUT2D eigenvalue weighted by atomic mass is 16.4. The smallest absolute Gasteiger partial charge is 0.326 e. The van der Waals surface area contributed by atoms with Crippen LogP contribution in [0.1, 0.15) is 86.0 Å². The van der Waals surface area contributed by atoms with Crippen molar-refractivity contribution >= 4 is 35.5 Å². The zero-order valence-electron chi connectivity index (χ0n) is 36.3. The molecule has 0 heterocycles. The van der Waals surface area contributed by atoms with E-state index in [0.29, 0.717) is 30.5 Å². The third-order valence-electron chi connectivity index (χ3n) is 10.8. The molecule has 0 saturated carbocycles. The summed E-state index contributed by atoms with van der Waals surface area (Å²) in [6.07, 6.45) is 4.39. The average molecular weight is 865 g/mol. The quantitative estimate of drug-likeness (QED) is 0.0482. The summed E-state index contributed by atoms with van der Waals surface area (Å²) in [5.74, 6) is -5.27. The fourth-order valence-corrected chi connectivity index (χ4v) is 6.87. The Morgan fingerprint density at radius 3 is 1.79 bits per heavy atom. The number of nitrogens with two attached hydrogens (primary N) is 1. The Hall–Kier alpha value is -6.74. The average Bonchev–Trinajstić information content (AvgIpc) is 3.28. The number of carboxylic acid groups (broad SMARTS) is 1. The minimum atomic E-state index is -1.36. The molecule has 0 radical (unpaired) electrons. The van der Waals surface area contributed by atoms with E-state index in [9.17, 15) is 44.1 Å². The summed E-state index contributed by atoms with van der Waals surface area (Å²) >= 11 is 0. The predicted octanol–water partition coefficient (Wildman–Crippen LogP) is 4.60. The van der Waals surface area contributed by atoms with Gasteiger partial charge in [-0.15, -0.1) is 0 Å². The summed E-state index contributed by atoms with van der Waals surface area (Å²) in [6.45, 7) is 5.46. The van der Waals surface area contributed by atoms with Gasteiger partial charge in [0.15, 0.2) is 0 Å². The number of phenols is 2. The van der Waals surface area contributed by atoms with E-state index in [0.717, 1.165) is 35.3 Å². The Kier molecular flexibility index (Phi) is 18.7. The first-order valence-electron chi connectivity index (χ1n) is 21.3. The highest BCUT2D eigenvalue weighted by Gasteiger charge is 2.35. The highest BCUT2D eigenvalue weighted by molar-refractivity contribution is 5.96. The molecule has 0 bridgehead atoms. The molecule has 4 aromatic rings. The fraction of sp³-hybridized carbons (Fsp3) is 0.375. The molecule has 0 aliphatic rings. The van der Waals surface area contributed by atoms with Gasteiger partial charge in [0.1, 0.15) is 35.7 Å². The van der Waals surface area contributed by atoms with Gasteiger partial charge in [-0.1, -0.05) is 80.9 Å². The molecule has 0 unspecified atom stereocenters. The molecule has 336 valence electrons. The van der Waals surface area contributed by atoms with Crippen molar-refractivity contribution in [1.82, 2.24) is 26.2 Å². The summed E-state index contributed by atoms with van der Waals surface area (Å²) in [5.41, 5.74) is 10.3. The first-order chi connectivity index (χ1) is 30.1. The van der Waals surface area contributed by atoms with Crippen molar-refractivity contribution in [2.45, 2.75) is 89.9 Å². The Morgan fingerprint density at radius 1 is 0.667 bits per heavy atom. The van der Waals surface area contributed by atoms with Crippen molar-refractivity contribution < 1.29 is 44.1 Å². The third kappa shape index (κ3) is 14.7. The number of unbranched alkanes of at least 4 members (excludes halogenated alkanes) is 2. The summed E-state index contributed by atoms with van der Waals surface area (Å²) in [4.78, 5) is 81.4. The number of carboxylic acids is 1. The second-order valence-electron chi connectivity index (χ2n) is 15.8. The van der Waals surface area contributed by atoms with Crippen molar-refractivity contribution in [3.63, 3.8) is 0 Å². The van der Waals surface area contributed by atoms with Crippen molar-refractivity contribution in [1.29, 1.82) is 0 Å². The number of nitrogens with one attached hydrogen (secondary N) is 4. The van der Waals surface area contributed by atoms with Crippen molar-refractivity contribution in [3.8, 4) is 22.6 Å². The lowest BCUT2D eigenvalue weighted by molar-refractivity contribution is -0.144. The van der Waals surface area contributed by atoms with Gasteiger partial charge < -0.3 is 47.2 Å². The van der Waals surface area contributed by atoms with Crippen molar-refractivity contribution in [3.05, 3.63) is 119 Å². The molecular weight excluding hydrogens is 805 g/mol. The molecule has 0 aliphatic carbocycles. The second-order valence-corrected chi connectivity index (χ2v) is 15.8. The largest absolute Gasteiger partial charge is 0.508 e. The number of carbonyl (C=O) groups excluding carboxylic acids is 5. The molecule has 4 aromatic carbocycles. The van der Waals surface area contributed by atoms with E-state index in [-0.39, 0.29) is 42.4 Å². The van der Waals surface area contributed by atoms with Crippen LogP contribution in [0.4, 0.5) is 0 Å². The van der Waals surface area contributed by atoms with Crippen LogP contribution in [-0.4, -0.2) is 94.0 Å². The summed E-state index contributed by atoms with van der Waals surface area (Å²) in [6, 6.07) is 21.9. The van der Waals surface area contributed by atoms with Crippen LogP contribution in [0.15, 0.2) is 97.1 Å². The van der Waals surface area contributed by atoms with Gasteiger partial charge in [-0.3, -0.25) is 24.0 Å². The number of hydrogen-bond acceptors (Lipinski definition) is 9. The van der Waals surface area contributed by atoms with E-state index in [4.69, 9.17) is 5.73 Å². The van der Waals surface area contributed by atoms with Crippen LogP contribution in [-0.2, 0) is 36.8 Å². The number of aromatic hydroxyl groups is 2. The zero-order valence-corrected chi connectivity index (χ0v) is 36.3. The molecule has 63 heavy (non-hydrogen) atoms. The van der Waals surface area contributed by atoms with E-state index >= 15 is 0 Å². The molecule has 0 spiro atoms. The van der Waals surface area contributed by atoms with Gasteiger partial charge in [0.25, 0.3) is 5.91 Å². The lowest BCUT2D eigenvalue weighted by Gasteiger charge is -2.32. The summed E-state index contributed by atoms with van der Waals surface area (Å²) in [7, 11) is 1.38. The Morgan fingerprint density at radius 2 is 1.22 bits per heavy atom. The van der Waals surface area contributed by atoms with Crippen LogP contribution in [0.25, 0.3) is 11.1 Å². The first-order valence-corrected chi connectivity index (χ1v) is 21.3. The van der Waals surface area contributed by atoms with Crippen LogP contribution < -0.4 is 27.0 Å². The van der Waals surface area contributed by atoms with Gasteiger partial charge in [-0.25, -0.2) is 4.79 Å². The number of nitrogens with zero attached hydrogens (tertiary/aromatic N) is 1. The number of carbonyl (C=O) groups is 6. The van der Waals surface area contributed by atoms with E-state index in [1.807, 2.05) is 12.1 Å². The summed E-state index contributed by atoms with van der Waals surface area (Å²) < 4.78 is 0. The molecule has 0 aliphatic heterocycles. The van der Waals surface area contributed by atoms with Gasteiger partial charge in [-0.05, 0) is 110 Å². The molecule has 9 N–H and O–H groups in total. The maximum atomic E-state index is 14.3. The van der Waals surface area contributed by atoms with Gasteiger partial charge in [-0.2, -0.15) is 0 Å². The molecule has 5 amide bonds. The van der Waals surface area contributed by atoms with Crippen molar-refractivity contribution in [2.24, 2.45) is 11.7 Å². The molecule has 15 nitrogen and oxygen atoms in total. The topological polar surface area (TPSA) is 240 Å². The lowest BCUT2D eigenvalue weighted by Crippen LogP contribution is -2.55. The zero-order chi connectivity index (χ0) is 46.1. The second kappa shape index (κ2) is 24.0. The van der Waals surface area contributed by atoms with Crippen LogP contribution in [0.3, 0.4) is 0 Å². The van der Waals surface area contributed by atoms with Crippen LogP contribution in [0.2, 0.25) is 0 Å². The molecule has 4 rings (SSSR count). The van der Waals surface area contributed by atoms with Crippen molar-refractivity contribution in [2.75, 3.05) is 20.1 Å². The number of rotatable bonds is 23. The standard InChI is InChI=1S/C48H60N6O9/c1-5-6-9-32-11-15-34(16-12-32)35-17-19-37(20-18-35)45(59)50-29-30(2)43(57)52-40(10-7-8-27-49)47(61)54(4)42(36-21-25-39(56)26-22-36)46(60)51-31(3)44(58)53-41(48(62)63)28-33-13-23-38(55)24-14-33/h11-26,30-31,40-42,55-56H,5-10,27-29,49H2,1-4H3,(H,50,59)(H,51,60)(H,52,57)(H,53,58)(H,62,63)/t30-,31+,40+,41+,42+/m1/s1. The van der Waals surface area contributed by atoms with Gasteiger partial charge in [0.2, 0.25) is 23.6 Å². The predicted molar refractivity (Wildman–Crippen MR) is 239 cm³/mol. The molecule has 15 heteroatoms. The van der Waals surface area contributed by atoms with Gasteiger partial charge in [0, 0.05) is 25.6 Å². The first kappa shape index (κ1) is 48.9. The number of benzene rings is 4. The number of amides is 5. The summed E-state index contributed by atoms with van der Waals surface area (Å²) in [5, 5.41) is 40.0.